The Morgan fingerprint density at radius 3 is 2.77 bits per heavy atom. The molecule has 0 spiro atoms. The largest absolute Gasteiger partial charge is 0.395 e. The molecule has 0 aromatic carbocycles. The number of carbonyl (C=O) groups excluding carboxylic acids is 1. The van der Waals surface area contributed by atoms with Crippen LogP contribution in [-0.2, 0) is 0 Å². The molecule has 1 heterocycles. The first kappa shape index (κ1) is 10.1. The molecule has 1 aromatic heterocycles. The van der Waals surface area contributed by atoms with Crippen molar-refractivity contribution in [2.75, 3.05) is 13.2 Å². The number of rotatable bonds is 3. The topological polar surface area (TPSA) is 62.2 Å². The molecule has 0 aliphatic heterocycles. The minimum atomic E-state index is -0.213. The Kier molecular flexibility index (Phi) is 3.39. The maximum Gasteiger partial charge on any atom is 0.280 e. The van der Waals surface area contributed by atoms with E-state index in [0.29, 0.717) is 5.01 Å². The number of aliphatic hydroxyl groups excluding tert-OH is 1. The summed E-state index contributed by atoms with van der Waals surface area (Å²) >= 11 is 1.37. The first-order chi connectivity index (χ1) is 6.15. The molecule has 0 saturated carbocycles. The lowest BCUT2D eigenvalue weighted by atomic mass is 10.4. The third kappa shape index (κ3) is 2.50. The summed E-state index contributed by atoms with van der Waals surface area (Å²) in [5, 5.41) is 11.5. The average Bonchev–Trinajstić information content (AvgIpc) is 2.43. The van der Waals surface area contributed by atoms with Gasteiger partial charge in [-0.3, -0.25) is 4.79 Å². The van der Waals surface area contributed by atoms with E-state index in [-0.39, 0.29) is 19.1 Å². The van der Waals surface area contributed by atoms with Crippen molar-refractivity contribution >= 4 is 17.2 Å². The molecule has 4 nitrogen and oxygen atoms in total. The normalized spacial score (nSPS) is 10.1. The zero-order chi connectivity index (χ0) is 9.84. The van der Waals surface area contributed by atoms with Crippen LogP contribution < -0.4 is 5.32 Å². The predicted octanol–water partition coefficient (Wildman–Crippen LogP) is 0.482. The van der Waals surface area contributed by atoms with Gasteiger partial charge >= 0.3 is 0 Å². The van der Waals surface area contributed by atoms with Gasteiger partial charge in [-0.1, -0.05) is 0 Å². The van der Waals surface area contributed by atoms with Crippen LogP contribution in [0.15, 0.2) is 0 Å². The summed E-state index contributed by atoms with van der Waals surface area (Å²) in [4.78, 5) is 16.4. The van der Waals surface area contributed by atoms with Crippen LogP contribution in [0, 0.1) is 13.8 Å². The van der Waals surface area contributed by atoms with E-state index in [0.717, 1.165) is 10.6 Å². The highest BCUT2D eigenvalue weighted by molar-refractivity contribution is 7.13. The second-order valence-electron chi connectivity index (χ2n) is 2.64. The van der Waals surface area contributed by atoms with Crippen LogP contribution in [-0.4, -0.2) is 29.1 Å². The summed E-state index contributed by atoms with van der Waals surface area (Å²) in [5.41, 5.74) is 0.888. The Balaban J connectivity index is 2.66. The van der Waals surface area contributed by atoms with E-state index in [9.17, 15) is 4.79 Å². The van der Waals surface area contributed by atoms with Crippen molar-refractivity contribution in [3.05, 3.63) is 15.6 Å². The van der Waals surface area contributed by atoms with E-state index in [1.807, 2.05) is 13.8 Å². The first-order valence-corrected chi connectivity index (χ1v) is 4.80. The Bertz CT molecular complexity index is 290. The SMILES string of the molecule is Cc1nc(C(=O)NCCO)sc1C. The molecule has 1 amide bonds. The molecule has 0 fully saturated rings. The number of aromatic nitrogens is 1. The lowest BCUT2D eigenvalue weighted by Crippen LogP contribution is -2.26. The zero-order valence-corrected chi connectivity index (χ0v) is 8.44. The fraction of sp³-hybridized carbons (Fsp3) is 0.500. The summed E-state index contributed by atoms with van der Waals surface area (Å²) in [6.07, 6.45) is 0. The van der Waals surface area contributed by atoms with Crippen molar-refractivity contribution in [2.45, 2.75) is 13.8 Å². The maximum atomic E-state index is 11.3. The number of hydrogen-bond acceptors (Lipinski definition) is 4. The van der Waals surface area contributed by atoms with Gasteiger partial charge in [0.2, 0.25) is 0 Å². The second kappa shape index (κ2) is 4.34. The molecule has 13 heavy (non-hydrogen) atoms. The van der Waals surface area contributed by atoms with E-state index < -0.39 is 0 Å². The Hall–Kier alpha value is -0.940. The van der Waals surface area contributed by atoms with Gasteiger partial charge in [0, 0.05) is 11.4 Å². The number of aryl methyl sites for hydroxylation is 2. The van der Waals surface area contributed by atoms with Crippen molar-refractivity contribution in [3.8, 4) is 0 Å². The molecular formula is C8H12N2O2S. The van der Waals surface area contributed by atoms with Gasteiger partial charge < -0.3 is 10.4 Å². The minimum Gasteiger partial charge on any atom is -0.395 e. The molecular weight excluding hydrogens is 188 g/mol. The zero-order valence-electron chi connectivity index (χ0n) is 7.63. The molecule has 0 radical (unpaired) electrons. The van der Waals surface area contributed by atoms with Gasteiger partial charge in [0.1, 0.15) is 0 Å². The summed E-state index contributed by atoms with van der Waals surface area (Å²) < 4.78 is 0. The molecule has 0 unspecified atom stereocenters. The number of amides is 1. The van der Waals surface area contributed by atoms with Crippen molar-refractivity contribution in [2.24, 2.45) is 0 Å². The summed E-state index contributed by atoms with van der Waals surface area (Å²) in [5.74, 6) is -0.213. The molecule has 0 aliphatic carbocycles. The lowest BCUT2D eigenvalue weighted by Gasteiger charge is -1.97. The van der Waals surface area contributed by atoms with Gasteiger partial charge in [0.15, 0.2) is 5.01 Å². The first-order valence-electron chi connectivity index (χ1n) is 3.98. The molecule has 1 rings (SSSR count). The van der Waals surface area contributed by atoms with Gasteiger partial charge in [-0.15, -0.1) is 11.3 Å². The van der Waals surface area contributed by atoms with Crippen molar-refractivity contribution < 1.29 is 9.90 Å². The number of aliphatic hydroxyl groups is 1. The third-order valence-electron chi connectivity index (χ3n) is 1.62. The summed E-state index contributed by atoms with van der Waals surface area (Å²) in [7, 11) is 0. The molecule has 0 aliphatic rings. The quantitative estimate of drug-likeness (QED) is 0.746. The Morgan fingerprint density at radius 2 is 2.31 bits per heavy atom. The second-order valence-corrected chi connectivity index (χ2v) is 3.84. The minimum absolute atomic E-state index is 0.0465. The molecule has 0 atom stereocenters. The van der Waals surface area contributed by atoms with E-state index in [4.69, 9.17) is 5.11 Å². The Morgan fingerprint density at radius 1 is 1.62 bits per heavy atom. The monoisotopic (exact) mass is 200 g/mol. The smallest absolute Gasteiger partial charge is 0.280 e. The van der Waals surface area contributed by atoms with E-state index >= 15 is 0 Å². The highest BCUT2D eigenvalue weighted by atomic mass is 32.1. The van der Waals surface area contributed by atoms with Crippen LogP contribution in [0.2, 0.25) is 0 Å². The Labute approximate surface area is 80.6 Å². The van der Waals surface area contributed by atoms with Crippen LogP contribution in [0.1, 0.15) is 20.4 Å². The van der Waals surface area contributed by atoms with Crippen LogP contribution in [0.4, 0.5) is 0 Å². The number of carbonyl (C=O) groups is 1. The summed E-state index contributed by atoms with van der Waals surface area (Å²) in [6.45, 7) is 4.02. The highest BCUT2D eigenvalue weighted by Gasteiger charge is 2.10. The number of thiazole rings is 1. The van der Waals surface area contributed by atoms with Crippen LogP contribution in [0.25, 0.3) is 0 Å². The number of hydrogen-bond donors (Lipinski definition) is 2. The maximum absolute atomic E-state index is 11.3. The lowest BCUT2D eigenvalue weighted by molar-refractivity contribution is 0.0944. The van der Waals surface area contributed by atoms with Crippen molar-refractivity contribution in [1.29, 1.82) is 0 Å². The van der Waals surface area contributed by atoms with Gasteiger partial charge in [0.05, 0.1) is 12.3 Å². The fourth-order valence-electron chi connectivity index (χ4n) is 0.815. The number of nitrogens with one attached hydrogen (secondary N) is 1. The van der Waals surface area contributed by atoms with Gasteiger partial charge in [-0.05, 0) is 13.8 Å². The average molecular weight is 200 g/mol. The number of nitrogens with zero attached hydrogens (tertiary/aromatic N) is 1. The molecule has 0 bridgehead atoms. The van der Waals surface area contributed by atoms with Gasteiger partial charge in [-0.25, -0.2) is 4.98 Å². The molecule has 72 valence electrons. The van der Waals surface area contributed by atoms with Crippen molar-refractivity contribution in [1.82, 2.24) is 10.3 Å². The van der Waals surface area contributed by atoms with E-state index in [2.05, 4.69) is 10.3 Å². The molecule has 5 heteroatoms. The van der Waals surface area contributed by atoms with Crippen LogP contribution >= 0.6 is 11.3 Å². The highest BCUT2D eigenvalue weighted by Crippen LogP contribution is 2.15. The van der Waals surface area contributed by atoms with Crippen LogP contribution in [0.3, 0.4) is 0 Å². The third-order valence-corrected chi connectivity index (χ3v) is 2.69. The molecule has 1 aromatic rings. The van der Waals surface area contributed by atoms with Crippen molar-refractivity contribution in [3.63, 3.8) is 0 Å². The van der Waals surface area contributed by atoms with E-state index in [1.165, 1.54) is 11.3 Å². The standard InChI is InChI=1S/C8H12N2O2S/c1-5-6(2)13-8(10-5)7(12)9-3-4-11/h11H,3-4H2,1-2H3,(H,9,12). The molecule has 2 N–H and O–H groups in total. The fourth-order valence-corrected chi connectivity index (χ4v) is 1.65. The summed E-state index contributed by atoms with van der Waals surface area (Å²) in [6, 6.07) is 0. The molecule has 0 saturated heterocycles. The van der Waals surface area contributed by atoms with Gasteiger partial charge in [0.25, 0.3) is 5.91 Å². The van der Waals surface area contributed by atoms with Crippen LogP contribution in [0.5, 0.6) is 0 Å². The van der Waals surface area contributed by atoms with Gasteiger partial charge in [-0.2, -0.15) is 0 Å². The predicted molar refractivity (Wildman–Crippen MR) is 51.0 cm³/mol. The van der Waals surface area contributed by atoms with E-state index in [1.54, 1.807) is 0 Å².